The van der Waals surface area contributed by atoms with Crippen LogP contribution >= 0.6 is 27.3 Å². The van der Waals surface area contributed by atoms with Crippen molar-refractivity contribution < 1.29 is 14.7 Å². The molecule has 3 N–H and O–H groups in total. The van der Waals surface area contributed by atoms with Crippen LogP contribution in [0.15, 0.2) is 10.5 Å². The lowest BCUT2D eigenvalue weighted by atomic mass is 10.3. The van der Waals surface area contributed by atoms with Gasteiger partial charge in [0.1, 0.15) is 12.3 Å². The first-order valence-electron chi connectivity index (χ1n) is 4.83. The van der Waals surface area contributed by atoms with E-state index in [1.165, 1.54) is 5.38 Å². The van der Waals surface area contributed by atoms with Crippen molar-refractivity contribution in [2.75, 3.05) is 12.3 Å². The van der Waals surface area contributed by atoms with Crippen LogP contribution in [0.1, 0.15) is 19.0 Å². The molecule has 1 aromatic rings. The first kappa shape index (κ1) is 13.9. The molecule has 0 bridgehead atoms. The zero-order valence-electron chi connectivity index (χ0n) is 9.09. The summed E-state index contributed by atoms with van der Waals surface area (Å²) in [6, 6.07) is 0. The fourth-order valence-electron chi connectivity index (χ4n) is 0.892. The highest BCUT2D eigenvalue weighted by Gasteiger charge is 2.17. The van der Waals surface area contributed by atoms with Gasteiger partial charge < -0.3 is 15.7 Å². The van der Waals surface area contributed by atoms with E-state index in [9.17, 15) is 4.79 Å². The van der Waals surface area contributed by atoms with Crippen molar-refractivity contribution >= 4 is 44.1 Å². The number of rotatable bonds is 6. The Kier molecular flexibility index (Phi) is 5.36. The van der Waals surface area contributed by atoms with Gasteiger partial charge in [0.15, 0.2) is 5.13 Å². The predicted octanol–water partition coefficient (Wildman–Crippen LogP) is 1.70. The average Bonchev–Trinajstić information content (AvgIpc) is 2.70. The Morgan fingerprint density at radius 3 is 3.00 bits per heavy atom. The molecule has 0 amide bonds. The molecule has 8 heteroatoms. The van der Waals surface area contributed by atoms with E-state index in [0.717, 1.165) is 17.8 Å². The van der Waals surface area contributed by atoms with Gasteiger partial charge in [-0.3, -0.25) is 0 Å². The van der Waals surface area contributed by atoms with Crippen LogP contribution in [0.25, 0.3) is 0 Å². The number of nitrogens with zero attached hydrogens (tertiary/aromatic N) is 2. The molecule has 0 saturated carbocycles. The number of nitrogens with two attached hydrogens (primary N) is 1. The molecule has 1 aromatic heterocycles. The van der Waals surface area contributed by atoms with Gasteiger partial charge in [-0.05, 0) is 6.42 Å². The second kappa shape index (κ2) is 6.55. The van der Waals surface area contributed by atoms with Crippen LogP contribution in [-0.4, -0.2) is 33.2 Å². The lowest BCUT2D eigenvalue weighted by Crippen LogP contribution is -2.16. The van der Waals surface area contributed by atoms with Gasteiger partial charge in [0, 0.05) is 5.38 Å². The van der Waals surface area contributed by atoms with Crippen molar-refractivity contribution in [3.8, 4) is 0 Å². The molecule has 1 unspecified atom stereocenters. The van der Waals surface area contributed by atoms with E-state index in [-0.39, 0.29) is 16.2 Å². The molecule has 0 fully saturated rings. The third kappa shape index (κ3) is 4.31. The monoisotopic (exact) mass is 321 g/mol. The summed E-state index contributed by atoms with van der Waals surface area (Å²) in [5.41, 5.74) is 5.39. The van der Waals surface area contributed by atoms with Crippen LogP contribution in [0, 0.1) is 0 Å². The molecule has 6 nitrogen and oxygen atoms in total. The second-order valence-corrected chi connectivity index (χ2v) is 5.30. The topological polar surface area (TPSA) is 97.8 Å². The number of alkyl halides is 1. The molecule has 94 valence electrons. The van der Waals surface area contributed by atoms with E-state index >= 15 is 0 Å². The molecule has 17 heavy (non-hydrogen) atoms. The number of hydrogen-bond acceptors (Lipinski definition) is 6. The number of carboxylic acids is 1. The van der Waals surface area contributed by atoms with Gasteiger partial charge in [-0.1, -0.05) is 28.0 Å². The number of hydrogen-bond donors (Lipinski definition) is 2. The van der Waals surface area contributed by atoms with Crippen LogP contribution in [-0.2, 0) is 9.63 Å². The predicted molar refractivity (Wildman–Crippen MR) is 69.7 cm³/mol. The zero-order chi connectivity index (χ0) is 12.8. The van der Waals surface area contributed by atoms with Crippen molar-refractivity contribution in [2.24, 2.45) is 5.16 Å². The highest BCUT2D eigenvalue weighted by atomic mass is 79.9. The molecule has 1 atom stereocenters. The van der Waals surface area contributed by atoms with Gasteiger partial charge in [0.25, 0.3) is 0 Å². The van der Waals surface area contributed by atoms with E-state index in [1.807, 2.05) is 6.92 Å². The third-order valence-electron chi connectivity index (χ3n) is 1.82. The maximum atomic E-state index is 11.0. The number of anilines is 1. The quantitative estimate of drug-likeness (QED) is 0.472. The van der Waals surface area contributed by atoms with Crippen molar-refractivity contribution in [3.05, 3.63) is 11.1 Å². The minimum atomic E-state index is -1.20. The summed E-state index contributed by atoms with van der Waals surface area (Å²) in [7, 11) is 0. The maximum absolute atomic E-state index is 11.0. The Balaban J connectivity index is 2.73. The van der Waals surface area contributed by atoms with E-state index < -0.39 is 5.97 Å². The molecule has 1 rings (SSSR count). The largest absolute Gasteiger partial charge is 0.476 e. The third-order valence-corrected chi connectivity index (χ3v) is 3.41. The number of nitrogen functional groups attached to an aromatic ring is 1. The summed E-state index contributed by atoms with van der Waals surface area (Å²) in [5, 5.41) is 14.3. The van der Waals surface area contributed by atoms with Gasteiger partial charge in [-0.15, -0.1) is 11.3 Å². The van der Waals surface area contributed by atoms with Gasteiger partial charge in [0.05, 0.1) is 4.83 Å². The van der Waals surface area contributed by atoms with Crippen LogP contribution in [0.3, 0.4) is 0 Å². The summed E-state index contributed by atoms with van der Waals surface area (Å²) in [5.74, 6) is -1.20. The summed E-state index contributed by atoms with van der Waals surface area (Å²) < 4.78 is 0. The summed E-state index contributed by atoms with van der Waals surface area (Å²) >= 11 is 4.50. The van der Waals surface area contributed by atoms with Crippen molar-refractivity contribution in [1.29, 1.82) is 0 Å². The standard InChI is InChI=1S/C9H12BrN3O3S/c1-2-5(10)3-16-13-7(8(14)15)6-4-17-9(11)12-6/h4-5H,2-3H2,1H3,(H2,11,12)(H,14,15). The summed E-state index contributed by atoms with van der Waals surface area (Å²) in [6.07, 6.45) is 0.863. The molecular weight excluding hydrogens is 310 g/mol. The summed E-state index contributed by atoms with van der Waals surface area (Å²) in [6.45, 7) is 2.28. The van der Waals surface area contributed by atoms with Crippen LogP contribution in [0.5, 0.6) is 0 Å². The average molecular weight is 322 g/mol. The number of halogens is 1. The minimum absolute atomic E-state index is 0.141. The van der Waals surface area contributed by atoms with Crippen LogP contribution in [0.2, 0.25) is 0 Å². The van der Waals surface area contributed by atoms with Crippen molar-refractivity contribution in [1.82, 2.24) is 4.98 Å². The van der Waals surface area contributed by atoms with E-state index in [1.54, 1.807) is 0 Å². The van der Waals surface area contributed by atoms with Gasteiger partial charge >= 0.3 is 5.97 Å². The second-order valence-electron chi connectivity index (χ2n) is 3.12. The molecule has 1 heterocycles. The number of thiazole rings is 1. The van der Waals surface area contributed by atoms with E-state index in [2.05, 4.69) is 26.1 Å². The van der Waals surface area contributed by atoms with Gasteiger partial charge in [0.2, 0.25) is 5.71 Å². The fraction of sp³-hybridized carbons (Fsp3) is 0.444. The van der Waals surface area contributed by atoms with Crippen LogP contribution in [0.4, 0.5) is 5.13 Å². The van der Waals surface area contributed by atoms with Gasteiger partial charge in [-0.25, -0.2) is 9.78 Å². The zero-order valence-corrected chi connectivity index (χ0v) is 11.5. The Hall–Kier alpha value is -1.15. The number of carbonyl (C=O) groups is 1. The number of oxime groups is 1. The Morgan fingerprint density at radius 1 is 1.82 bits per heavy atom. The molecule has 0 aromatic carbocycles. The van der Waals surface area contributed by atoms with Gasteiger partial charge in [-0.2, -0.15) is 0 Å². The Bertz CT molecular complexity index is 421. The molecule has 0 aliphatic rings. The molecule has 0 saturated heterocycles. The molecule has 0 aliphatic carbocycles. The lowest BCUT2D eigenvalue weighted by molar-refractivity contribution is -0.129. The number of aromatic nitrogens is 1. The van der Waals surface area contributed by atoms with E-state index in [0.29, 0.717) is 11.7 Å². The first-order valence-corrected chi connectivity index (χ1v) is 6.62. The van der Waals surface area contributed by atoms with Crippen molar-refractivity contribution in [2.45, 2.75) is 18.2 Å². The summed E-state index contributed by atoms with van der Waals surface area (Å²) in [4.78, 5) is 19.9. The molecule has 0 spiro atoms. The van der Waals surface area contributed by atoms with E-state index in [4.69, 9.17) is 15.7 Å². The lowest BCUT2D eigenvalue weighted by Gasteiger charge is -2.04. The fourth-order valence-corrected chi connectivity index (χ4v) is 1.56. The number of aliphatic carboxylic acids is 1. The van der Waals surface area contributed by atoms with Crippen LogP contribution < -0.4 is 5.73 Å². The molecule has 0 aliphatic heterocycles. The van der Waals surface area contributed by atoms with Crippen molar-refractivity contribution in [3.63, 3.8) is 0 Å². The number of carboxylic acid groups (broad SMARTS) is 1. The Labute approximate surface area is 111 Å². The normalized spacial score (nSPS) is 13.4. The highest BCUT2D eigenvalue weighted by Crippen LogP contribution is 2.12. The first-order chi connectivity index (χ1) is 8.04. The Morgan fingerprint density at radius 2 is 2.53 bits per heavy atom. The highest BCUT2D eigenvalue weighted by molar-refractivity contribution is 9.09. The molecular formula is C9H12BrN3O3S. The minimum Gasteiger partial charge on any atom is -0.476 e. The maximum Gasteiger partial charge on any atom is 0.360 e. The molecule has 0 radical (unpaired) electrons. The SMILES string of the molecule is CCC(Br)CON=C(C(=O)O)c1csc(N)n1. The smallest absolute Gasteiger partial charge is 0.360 e.